The van der Waals surface area contributed by atoms with Crippen LogP contribution in [0.2, 0.25) is 0 Å². The molecule has 0 aliphatic rings. The molecule has 0 radical (unpaired) electrons. The molecule has 0 bridgehead atoms. The first kappa shape index (κ1) is 13.6. The van der Waals surface area contributed by atoms with Crippen LogP contribution < -0.4 is 5.73 Å². The summed E-state index contributed by atoms with van der Waals surface area (Å²) < 4.78 is 42.4. The maximum absolute atomic E-state index is 12.5. The average molecular weight is 270 g/mol. The number of aryl methyl sites for hydroxylation is 1. The third-order valence-corrected chi connectivity index (χ3v) is 2.66. The van der Waals surface area contributed by atoms with Crippen molar-refractivity contribution in [2.75, 3.05) is 5.75 Å². The highest BCUT2D eigenvalue weighted by atomic mass is 32.2. The molecule has 1 aromatic rings. The highest BCUT2D eigenvalue weighted by Gasteiger charge is 2.43. The number of amidine groups is 1. The Hall–Kier alpha value is -1.45. The summed E-state index contributed by atoms with van der Waals surface area (Å²) in [6.45, 7) is 1.52. The second-order valence-electron chi connectivity index (χ2n) is 3.02. The normalized spacial score (nSPS) is 14.9. The van der Waals surface area contributed by atoms with E-state index in [1.54, 1.807) is 0 Å². The van der Waals surface area contributed by atoms with Gasteiger partial charge in [0.05, 0.1) is 0 Å². The minimum absolute atomic E-state index is 0.00231. The third kappa shape index (κ3) is 3.80. The molecule has 0 aromatic carbocycles. The van der Waals surface area contributed by atoms with Crippen molar-refractivity contribution in [3.8, 4) is 0 Å². The van der Waals surface area contributed by atoms with Crippen LogP contribution in [0.25, 0.3) is 0 Å². The minimum Gasteiger partial charge on any atom is -0.416 e. The first-order chi connectivity index (χ1) is 7.84. The number of thioether (sulfide) groups is 1. The summed E-state index contributed by atoms with van der Waals surface area (Å²) in [4.78, 5) is 0. The van der Waals surface area contributed by atoms with Gasteiger partial charge < -0.3 is 15.4 Å². The van der Waals surface area contributed by atoms with Gasteiger partial charge in [-0.25, -0.2) is 0 Å². The lowest BCUT2D eigenvalue weighted by Gasteiger charge is -2.17. The molecule has 1 aromatic heterocycles. The quantitative estimate of drug-likeness (QED) is 0.282. The first-order valence-corrected chi connectivity index (χ1v) is 5.30. The molecule has 1 atom stereocenters. The van der Waals surface area contributed by atoms with Crippen LogP contribution in [0.3, 0.4) is 0 Å². The van der Waals surface area contributed by atoms with Crippen molar-refractivity contribution >= 4 is 17.6 Å². The topological polar surface area (TPSA) is 97.5 Å². The summed E-state index contributed by atoms with van der Waals surface area (Å²) in [5.41, 5.74) is 4.97. The van der Waals surface area contributed by atoms with Crippen LogP contribution in [0.15, 0.2) is 14.8 Å². The van der Waals surface area contributed by atoms with E-state index in [-0.39, 0.29) is 11.1 Å². The van der Waals surface area contributed by atoms with E-state index in [1.807, 2.05) is 0 Å². The van der Waals surface area contributed by atoms with Gasteiger partial charge in [-0.3, -0.25) is 0 Å². The Bertz CT molecular complexity index is 406. The van der Waals surface area contributed by atoms with Gasteiger partial charge >= 0.3 is 6.18 Å². The van der Waals surface area contributed by atoms with Crippen molar-refractivity contribution in [1.82, 2.24) is 10.2 Å². The van der Waals surface area contributed by atoms with Gasteiger partial charge in [-0.05, 0) is 0 Å². The zero-order valence-electron chi connectivity index (χ0n) is 8.60. The number of aromatic nitrogens is 2. The predicted molar refractivity (Wildman–Crippen MR) is 52.7 cm³/mol. The van der Waals surface area contributed by atoms with Crippen molar-refractivity contribution in [2.45, 2.75) is 18.3 Å². The second kappa shape index (κ2) is 5.25. The third-order valence-electron chi connectivity index (χ3n) is 1.75. The number of halogens is 3. The molecule has 0 aliphatic carbocycles. The van der Waals surface area contributed by atoms with E-state index in [9.17, 15) is 13.2 Å². The monoisotopic (exact) mass is 270 g/mol. The maximum Gasteiger partial charge on any atom is 0.399 e. The molecule has 3 N–H and O–H groups in total. The van der Waals surface area contributed by atoms with E-state index >= 15 is 0 Å². The number of alkyl halides is 3. The Morgan fingerprint density at radius 3 is 2.65 bits per heavy atom. The van der Waals surface area contributed by atoms with E-state index < -0.39 is 23.7 Å². The van der Waals surface area contributed by atoms with Gasteiger partial charge in [0.2, 0.25) is 5.89 Å². The zero-order valence-corrected chi connectivity index (χ0v) is 9.42. The van der Waals surface area contributed by atoms with Gasteiger partial charge in [-0.15, -0.1) is 10.2 Å². The number of oxime groups is 1. The maximum atomic E-state index is 12.5. The molecule has 0 saturated carbocycles. The summed E-state index contributed by atoms with van der Waals surface area (Å²) in [6.07, 6.45) is -4.60. The predicted octanol–water partition coefficient (Wildman–Crippen LogP) is 1.40. The minimum atomic E-state index is -4.60. The molecular weight excluding hydrogens is 261 g/mol. The molecule has 96 valence electrons. The number of hydrogen-bond donors (Lipinski definition) is 2. The van der Waals surface area contributed by atoms with Crippen molar-refractivity contribution < 1.29 is 22.8 Å². The molecule has 0 saturated heterocycles. The van der Waals surface area contributed by atoms with Crippen LogP contribution >= 0.6 is 11.8 Å². The second-order valence-corrected chi connectivity index (χ2v) is 3.99. The smallest absolute Gasteiger partial charge is 0.399 e. The lowest BCUT2D eigenvalue weighted by molar-refractivity contribution is -0.150. The van der Waals surface area contributed by atoms with Gasteiger partial charge in [-0.1, -0.05) is 16.9 Å². The first-order valence-electron chi connectivity index (χ1n) is 4.31. The van der Waals surface area contributed by atoms with Crippen molar-refractivity contribution in [1.29, 1.82) is 0 Å². The van der Waals surface area contributed by atoms with Crippen LogP contribution in [0.1, 0.15) is 5.89 Å². The molecule has 0 spiro atoms. The largest absolute Gasteiger partial charge is 0.416 e. The van der Waals surface area contributed by atoms with E-state index in [0.717, 1.165) is 0 Å². The highest BCUT2D eigenvalue weighted by molar-refractivity contribution is 7.99. The fourth-order valence-corrected chi connectivity index (χ4v) is 1.86. The Morgan fingerprint density at radius 1 is 1.59 bits per heavy atom. The molecular formula is C7H9F3N4O2S. The van der Waals surface area contributed by atoms with Crippen LogP contribution in [0.5, 0.6) is 0 Å². The van der Waals surface area contributed by atoms with Crippen molar-refractivity contribution in [3.05, 3.63) is 5.89 Å². The number of rotatable bonds is 4. The molecule has 17 heavy (non-hydrogen) atoms. The molecule has 0 amide bonds. The summed E-state index contributed by atoms with van der Waals surface area (Å²) in [5.74, 6) is -3.22. The van der Waals surface area contributed by atoms with Gasteiger partial charge in [0, 0.05) is 12.7 Å². The molecule has 1 heterocycles. The van der Waals surface area contributed by atoms with Crippen LogP contribution in [-0.2, 0) is 0 Å². The Labute approximate surface area is 98.1 Å². The Morgan fingerprint density at radius 2 is 2.24 bits per heavy atom. The van der Waals surface area contributed by atoms with Crippen LogP contribution in [-0.4, -0.2) is 33.2 Å². The Kier molecular flexibility index (Phi) is 4.21. The number of hydrogen-bond acceptors (Lipinski definition) is 6. The van der Waals surface area contributed by atoms with Crippen LogP contribution in [0.4, 0.5) is 13.2 Å². The van der Waals surface area contributed by atoms with Gasteiger partial charge in [-0.2, -0.15) is 13.2 Å². The van der Waals surface area contributed by atoms with Crippen LogP contribution in [0, 0.1) is 12.8 Å². The summed E-state index contributed by atoms with van der Waals surface area (Å²) in [5, 5.41) is 17.6. The highest BCUT2D eigenvalue weighted by Crippen LogP contribution is 2.31. The zero-order chi connectivity index (χ0) is 13.1. The molecule has 0 fully saturated rings. The van der Waals surface area contributed by atoms with E-state index in [4.69, 9.17) is 15.4 Å². The lowest BCUT2D eigenvalue weighted by atomic mass is 10.1. The average Bonchev–Trinajstić information content (AvgIpc) is 2.62. The fourth-order valence-electron chi connectivity index (χ4n) is 0.909. The standard InChI is InChI=1S/C7H9F3N4O2S/c1-3-12-13-6(16-3)17-2-4(5(11)14-15)7(8,9)10/h4,15H,2H2,1H3,(H2,11,14). The molecule has 0 aliphatic heterocycles. The fraction of sp³-hybridized carbons (Fsp3) is 0.571. The Balaban J connectivity index is 2.68. The number of nitrogens with zero attached hydrogens (tertiary/aromatic N) is 3. The van der Waals surface area contributed by atoms with Gasteiger partial charge in [0.1, 0.15) is 5.92 Å². The van der Waals surface area contributed by atoms with Gasteiger partial charge in [0.15, 0.2) is 5.84 Å². The van der Waals surface area contributed by atoms with E-state index in [1.165, 1.54) is 6.92 Å². The SMILES string of the molecule is Cc1nnc(SCC(C(N)=NO)C(F)(F)F)o1. The molecule has 1 unspecified atom stereocenters. The number of nitrogens with two attached hydrogens (primary N) is 1. The van der Waals surface area contributed by atoms with Gasteiger partial charge in [0.25, 0.3) is 5.22 Å². The lowest BCUT2D eigenvalue weighted by Crippen LogP contribution is -2.37. The van der Waals surface area contributed by atoms with Crippen molar-refractivity contribution in [3.63, 3.8) is 0 Å². The summed E-state index contributed by atoms with van der Waals surface area (Å²) in [7, 11) is 0. The molecule has 6 nitrogen and oxygen atoms in total. The summed E-state index contributed by atoms with van der Waals surface area (Å²) in [6, 6.07) is 0. The van der Waals surface area contributed by atoms with E-state index in [0.29, 0.717) is 11.8 Å². The van der Waals surface area contributed by atoms with E-state index in [2.05, 4.69) is 15.4 Å². The molecule has 10 heteroatoms. The molecule has 1 rings (SSSR count). The summed E-state index contributed by atoms with van der Waals surface area (Å²) >= 11 is 0.688. The van der Waals surface area contributed by atoms with Crippen molar-refractivity contribution in [2.24, 2.45) is 16.8 Å².